The summed E-state index contributed by atoms with van der Waals surface area (Å²) in [7, 11) is -0.414. The van der Waals surface area contributed by atoms with Gasteiger partial charge >= 0.3 is 5.97 Å². The monoisotopic (exact) mass is 306 g/mol. The number of rotatable bonds is 3. The maximum atomic E-state index is 12.0. The van der Waals surface area contributed by atoms with Gasteiger partial charge in [-0.1, -0.05) is 45.0 Å². The molecule has 0 aliphatic heterocycles. The molecule has 2 rings (SSSR count). The molecule has 0 radical (unpaired) electrons. The average molecular weight is 306 g/mol. The highest BCUT2D eigenvalue weighted by atomic mass is 28.4. The smallest absolute Gasteiger partial charge is 0.313 e. The topological polar surface area (TPSA) is 35.5 Å². The molecule has 1 aromatic carbocycles. The number of ether oxygens (including phenoxy) is 1. The van der Waals surface area contributed by atoms with Crippen LogP contribution in [0.1, 0.15) is 50.3 Å². The number of methoxy groups -OCH3 is 1. The maximum Gasteiger partial charge on any atom is 0.313 e. The fourth-order valence-electron chi connectivity index (χ4n) is 2.60. The maximum absolute atomic E-state index is 12.0. The van der Waals surface area contributed by atoms with Crippen LogP contribution in [0.3, 0.4) is 0 Å². The average Bonchev–Trinajstić information content (AvgIpc) is 2.75. The van der Waals surface area contributed by atoms with Gasteiger partial charge in [0.05, 0.1) is 19.1 Å². The number of fused-ring (bicyclic) bond motifs is 1. The van der Waals surface area contributed by atoms with E-state index in [9.17, 15) is 4.79 Å². The van der Waals surface area contributed by atoms with E-state index in [2.05, 4.69) is 39.9 Å². The molecule has 1 aliphatic carbocycles. The van der Waals surface area contributed by atoms with Crippen LogP contribution in [0.2, 0.25) is 18.1 Å². The van der Waals surface area contributed by atoms with Gasteiger partial charge in [0, 0.05) is 0 Å². The van der Waals surface area contributed by atoms with E-state index in [0.717, 1.165) is 11.1 Å². The minimum atomic E-state index is -1.87. The lowest BCUT2D eigenvalue weighted by molar-refractivity contribution is -0.142. The molecule has 0 saturated heterocycles. The first kappa shape index (κ1) is 16.2. The molecule has 1 aliphatic rings. The SMILES string of the molecule is COC(=O)C1CC(O[Si](C)(C)C(C)(C)C)c2ccccc21. The first-order valence-electron chi connectivity index (χ1n) is 7.52. The minimum Gasteiger partial charge on any atom is -0.469 e. The van der Waals surface area contributed by atoms with Gasteiger partial charge in [-0.05, 0) is 35.7 Å². The van der Waals surface area contributed by atoms with E-state index in [4.69, 9.17) is 9.16 Å². The summed E-state index contributed by atoms with van der Waals surface area (Å²) in [5.74, 6) is -0.357. The molecule has 0 bridgehead atoms. The van der Waals surface area contributed by atoms with Crippen molar-refractivity contribution in [2.24, 2.45) is 0 Å². The lowest BCUT2D eigenvalue weighted by Gasteiger charge is -2.38. The Hall–Kier alpha value is -1.13. The van der Waals surface area contributed by atoms with Gasteiger partial charge in [-0.15, -0.1) is 0 Å². The molecule has 21 heavy (non-hydrogen) atoms. The highest BCUT2D eigenvalue weighted by Crippen LogP contribution is 2.47. The Labute approximate surface area is 128 Å². The van der Waals surface area contributed by atoms with Crippen LogP contribution >= 0.6 is 0 Å². The molecule has 0 spiro atoms. The highest BCUT2D eigenvalue weighted by molar-refractivity contribution is 6.74. The number of hydrogen-bond donors (Lipinski definition) is 0. The van der Waals surface area contributed by atoms with E-state index in [-0.39, 0.29) is 23.0 Å². The first-order valence-corrected chi connectivity index (χ1v) is 10.4. The van der Waals surface area contributed by atoms with Gasteiger partial charge in [0.15, 0.2) is 8.32 Å². The third-order valence-electron chi connectivity index (χ3n) is 4.90. The van der Waals surface area contributed by atoms with Crippen molar-refractivity contribution in [1.82, 2.24) is 0 Å². The second kappa shape index (κ2) is 5.58. The van der Waals surface area contributed by atoms with Crippen molar-refractivity contribution in [3.63, 3.8) is 0 Å². The Morgan fingerprint density at radius 2 is 1.76 bits per heavy atom. The van der Waals surface area contributed by atoms with E-state index >= 15 is 0 Å². The van der Waals surface area contributed by atoms with Crippen molar-refractivity contribution in [3.8, 4) is 0 Å². The number of carbonyl (C=O) groups is 1. The van der Waals surface area contributed by atoms with Crippen molar-refractivity contribution in [2.45, 2.75) is 57.3 Å². The second-order valence-electron chi connectivity index (χ2n) is 7.31. The molecular weight excluding hydrogens is 280 g/mol. The normalized spacial score (nSPS) is 22.0. The minimum absolute atomic E-state index is 0.00573. The molecule has 116 valence electrons. The van der Waals surface area contributed by atoms with Crippen LogP contribution in [0, 0.1) is 0 Å². The molecule has 0 amide bonds. The zero-order chi connectivity index (χ0) is 15.8. The molecule has 4 heteroatoms. The molecule has 3 nitrogen and oxygen atoms in total. The fraction of sp³-hybridized carbons (Fsp3) is 0.588. The number of esters is 1. The third kappa shape index (κ3) is 3.06. The summed E-state index contributed by atoms with van der Waals surface area (Å²) >= 11 is 0. The van der Waals surface area contributed by atoms with Crippen LogP contribution in [0.25, 0.3) is 0 Å². The van der Waals surface area contributed by atoms with Gasteiger partial charge in [-0.25, -0.2) is 0 Å². The van der Waals surface area contributed by atoms with E-state index in [1.54, 1.807) is 0 Å². The standard InChI is InChI=1S/C17H26O3Si/c1-17(2,3)21(5,6)20-15-11-14(16(18)19-4)12-9-7-8-10-13(12)15/h7-10,14-15H,11H2,1-6H3. The Morgan fingerprint density at radius 1 is 1.19 bits per heavy atom. The van der Waals surface area contributed by atoms with E-state index in [0.29, 0.717) is 6.42 Å². The summed E-state index contributed by atoms with van der Waals surface area (Å²) in [6.45, 7) is 11.2. The molecule has 0 aromatic heterocycles. The Bertz CT molecular complexity index is 531. The van der Waals surface area contributed by atoms with Crippen molar-refractivity contribution < 1.29 is 14.0 Å². The van der Waals surface area contributed by atoms with Crippen LogP contribution in [-0.2, 0) is 14.0 Å². The molecule has 1 aromatic rings. The van der Waals surface area contributed by atoms with Crippen LogP contribution in [-0.4, -0.2) is 21.4 Å². The summed E-state index contributed by atoms with van der Waals surface area (Å²) in [6, 6.07) is 8.09. The first-order chi connectivity index (χ1) is 9.67. The van der Waals surface area contributed by atoms with Crippen molar-refractivity contribution >= 4 is 14.3 Å². The van der Waals surface area contributed by atoms with Crippen molar-refractivity contribution in [3.05, 3.63) is 35.4 Å². The lowest BCUT2D eigenvalue weighted by atomic mass is 10.0. The zero-order valence-electron chi connectivity index (χ0n) is 13.9. The zero-order valence-corrected chi connectivity index (χ0v) is 14.9. The Balaban J connectivity index is 2.30. The van der Waals surface area contributed by atoms with Crippen molar-refractivity contribution in [1.29, 1.82) is 0 Å². The van der Waals surface area contributed by atoms with E-state index in [1.165, 1.54) is 7.11 Å². The predicted octanol–water partition coefficient (Wildman–Crippen LogP) is 4.41. The van der Waals surface area contributed by atoms with Gasteiger partial charge in [0.1, 0.15) is 0 Å². The highest BCUT2D eigenvalue weighted by Gasteiger charge is 2.43. The predicted molar refractivity (Wildman–Crippen MR) is 86.8 cm³/mol. The quantitative estimate of drug-likeness (QED) is 0.613. The molecule has 2 atom stereocenters. The Kier molecular flexibility index (Phi) is 4.31. The Morgan fingerprint density at radius 3 is 2.29 bits per heavy atom. The molecule has 0 fully saturated rings. The summed E-state index contributed by atoms with van der Waals surface area (Å²) in [5.41, 5.74) is 2.21. The fourth-order valence-corrected chi connectivity index (χ4v) is 3.89. The molecule has 0 N–H and O–H groups in total. The summed E-state index contributed by atoms with van der Waals surface area (Å²) in [5, 5.41) is 0.158. The van der Waals surface area contributed by atoms with Crippen LogP contribution in [0.4, 0.5) is 0 Å². The van der Waals surface area contributed by atoms with E-state index < -0.39 is 8.32 Å². The van der Waals surface area contributed by atoms with Crippen LogP contribution in [0.5, 0.6) is 0 Å². The summed E-state index contributed by atoms with van der Waals surface area (Å²) in [4.78, 5) is 12.0. The summed E-state index contributed by atoms with van der Waals surface area (Å²) < 4.78 is 11.5. The number of benzene rings is 1. The number of carbonyl (C=O) groups excluding carboxylic acids is 1. The number of hydrogen-bond acceptors (Lipinski definition) is 3. The van der Waals surface area contributed by atoms with Crippen LogP contribution in [0.15, 0.2) is 24.3 Å². The van der Waals surface area contributed by atoms with Crippen LogP contribution < -0.4 is 0 Å². The summed E-state index contributed by atoms with van der Waals surface area (Å²) in [6.07, 6.45) is 0.699. The van der Waals surface area contributed by atoms with Gasteiger partial charge in [0.25, 0.3) is 0 Å². The van der Waals surface area contributed by atoms with Gasteiger partial charge in [0.2, 0.25) is 0 Å². The second-order valence-corrected chi connectivity index (χ2v) is 12.1. The molecule has 0 heterocycles. The van der Waals surface area contributed by atoms with Crippen molar-refractivity contribution in [2.75, 3.05) is 7.11 Å². The molecule has 2 unspecified atom stereocenters. The van der Waals surface area contributed by atoms with Gasteiger partial charge in [-0.2, -0.15) is 0 Å². The largest absolute Gasteiger partial charge is 0.469 e. The lowest BCUT2D eigenvalue weighted by Crippen LogP contribution is -2.41. The third-order valence-corrected chi connectivity index (χ3v) is 9.38. The molecular formula is C17H26O3Si. The van der Waals surface area contributed by atoms with Gasteiger partial charge < -0.3 is 9.16 Å². The van der Waals surface area contributed by atoms with E-state index in [1.807, 2.05) is 18.2 Å². The molecule has 0 saturated carbocycles. The van der Waals surface area contributed by atoms with Gasteiger partial charge in [-0.3, -0.25) is 4.79 Å².